The van der Waals surface area contributed by atoms with Gasteiger partial charge in [0, 0.05) is 13.1 Å². The van der Waals surface area contributed by atoms with E-state index in [0.29, 0.717) is 0 Å². The summed E-state index contributed by atoms with van der Waals surface area (Å²) in [5.41, 5.74) is 0.267. The number of thioether (sulfide) groups is 1. The van der Waals surface area contributed by atoms with Crippen molar-refractivity contribution >= 4 is 17.7 Å². The lowest BCUT2D eigenvalue weighted by atomic mass is 10.2. The van der Waals surface area contributed by atoms with E-state index in [2.05, 4.69) is 10.2 Å². The molecule has 0 unspecified atom stereocenters. The zero-order chi connectivity index (χ0) is 16.9. The molecule has 0 radical (unpaired) electrons. The summed E-state index contributed by atoms with van der Waals surface area (Å²) in [6.07, 6.45) is 4.48. The summed E-state index contributed by atoms with van der Waals surface area (Å²) in [4.78, 5) is 14.5. The molecule has 0 N–H and O–H groups in total. The monoisotopic (exact) mass is 349 g/mol. The minimum atomic E-state index is -0.411. The van der Waals surface area contributed by atoms with E-state index in [0.717, 1.165) is 25.9 Å². The molecule has 1 saturated heterocycles. The Balaban J connectivity index is 1.65. The van der Waals surface area contributed by atoms with Crippen LogP contribution in [0.25, 0.3) is 11.5 Å². The third kappa shape index (κ3) is 3.95. The molecule has 0 saturated carbocycles. The largest absolute Gasteiger partial charge is 0.411 e. The molecule has 1 aliphatic rings. The van der Waals surface area contributed by atoms with Crippen molar-refractivity contribution in [2.75, 3.05) is 13.1 Å². The molecule has 2 heterocycles. The number of carbonyl (C=O) groups excluding carboxylic acids is 1. The number of hydrogen-bond acceptors (Lipinski definition) is 5. The lowest BCUT2D eigenvalue weighted by Gasteiger charge is -2.23. The Labute approximate surface area is 144 Å². The van der Waals surface area contributed by atoms with E-state index in [4.69, 9.17) is 4.42 Å². The standard InChI is InChI=1S/C17H20FN3O2S/c1-12(16(22)21-10-6-2-3-7-11-21)24-17-20-19-15(23-17)13-8-4-5-9-14(13)18/h4-5,8-9,12H,2-3,6-7,10-11H2,1H3/t12-/m1/s1. The summed E-state index contributed by atoms with van der Waals surface area (Å²) in [5, 5.41) is 7.79. The van der Waals surface area contributed by atoms with Crippen LogP contribution in [0.5, 0.6) is 0 Å². The van der Waals surface area contributed by atoms with Gasteiger partial charge in [-0.1, -0.05) is 36.7 Å². The maximum Gasteiger partial charge on any atom is 0.277 e. The SMILES string of the molecule is C[C@@H](Sc1nnc(-c2ccccc2F)o1)C(=O)N1CCCCCC1. The molecule has 5 nitrogen and oxygen atoms in total. The summed E-state index contributed by atoms with van der Waals surface area (Å²) in [5.74, 6) is -0.191. The normalized spacial score (nSPS) is 16.7. The fourth-order valence-electron chi connectivity index (χ4n) is 2.75. The van der Waals surface area contributed by atoms with Crippen LogP contribution in [-0.2, 0) is 4.79 Å². The van der Waals surface area contributed by atoms with Crippen molar-refractivity contribution in [1.29, 1.82) is 0 Å². The molecule has 128 valence electrons. The summed E-state index contributed by atoms with van der Waals surface area (Å²) in [6.45, 7) is 3.47. The zero-order valence-corrected chi connectivity index (χ0v) is 14.4. The second kappa shape index (κ2) is 7.79. The topological polar surface area (TPSA) is 59.2 Å². The van der Waals surface area contributed by atoms with Gasteiger partial charge < -0.3 is 9.32 Å². The van der Waals surface area contributed by atoms with E-state index in [1.807, 2.05) is 11.8 Å². The lowest BCUT2D eigenvalue weighted by Crippen LogP contribution is -2.37. The van der Waals surface area contributed by atoms with E-state index >= 15 is 0 Å². The first-order chi connectivity index (χ1) is 11.6. The summed E-state index contributed by atoms with van der Waals surface area (Å²) in [6, 6.07) is 6.24. The maximum atomic E-state index is 13.8. The highest BCUT2D eigenvalue weighted by Crippen LogP contribution is 2.28. The van der Waals surface area contributed by atoms with Gasteiger partial charge in [-0.3, -0.25) is 4.79 Å². The van der Waals surface area contributed by atoms with Crippen molar-refractivity contribution in [2.45, 2.75) is 43.1 Å². The van der Waals surface area contributed by atoms with Crippen molar-refractivity contribution in [3.8, 4) is 11.5 Å². The number of hydrogen-bond donors (Lipinski definition) is 0. The Morgan fingerprint density at radius 2 is 1.92 bits per heavy atom. The average molecular weight is 349 g/mol. The number of carbonyl (C=O) groups is 1. The van der Waals surface area contributed by atoms with Crippen molar-refractivity contribution in [3.63, 3.8) is 0 Å². The van der Waals surface area contributed by atoms with Gasteiger partial charge in [-0.25, -0.2) is 4.39 Å². The Morgan fingerprint density at radius 3 is 2.62 bits per heavy atom. The molecule has 0 spiro atoms. The molecule has 0 bridgehead atoms. The number of benzene rings is 1. The molecule has 3 rings (SSSR count). The van der Waals surface area contributed by atoms with Crippen LogP contribution >= 0.6 is 11.8 Å². The molecule has 1 fully saturated rings. The molecule has 24 heavy (non-hydrogen) atoms. The molecule has 1 atom stereocenters. The molecule has 1 amide bonds. The van der Waals surface area contributed by atoms with Gasteiger partial charge >= 0.3 is 0 Å². The van der Waals surface area contributed by atoms with Crippen LogP contribution in [0.2, 0.25) is 0 Å². The third-order valence-electron chi connectivity index (χ3n) is 4.05. The van der Waals surface area contributed by atoms with Crippen LogP contribution in [0.3, 0.4) is 0 Å². The van der Waals surface area contributed by atoms with E-state index < -0.39 is 5.82 Å². The van der Waals surface area contributed by atoms with Gasteiger partial charge in [-0.15, -0.1) is 10.2 Å². The Morgan fingerprint density at radius 1 is 1.21 bits per heavy atom. The second-order valence-corrected chi connectivity index (χ2v) is 7.14. The Bertz CT molecular complexity index is 699. The number of aromatic nitrogens is 2. The molecular formula is C17H20FN3O2S. The van der Waals surface area contributed by atoms with Crippen molar-refractivity contribution in [3.05, 3.63) is 30.1 Å². The molecule has 7 heteroatoms. The van der Waals surface area contributed by atoms with Crippen LogP contribution in [0, 0.1) is 5.82 Å². The Kier molecular flexibility index (Phi) is 5.50. The number of likely N-dealkylation sites (tertiary alicyclic amines) is 1. The molecule has 1 aliphatic heterocycles. The van der Waals surface area contributed by atoms with Crippen molar-refractivity contribution in [2.24, 2.45) is 0 Å². The van der Waals surface area contributed by atoms with E-state index in [9.17, 15) is 9.18 Å². The quantitative estimate of drug-likeness (QED) is 0.787. The highest BCUT2D eigenvalue weighted by atomic mass is 32.2. The smallest absolute Gasteiger partial charge is 0.277 e. The van der Waals surface area contributed by atoms with E-state index in [-0.39, 0.29) is 27.8 Å². The predicted octanol–water partition coefficient (Wildman–Crippen LogP) is 3.76. The van der Waals surface area contributed by atoms with Crippen LogP contribution in [-0.4, -0.2) is 39.3 Å². The van der Waals surface area contributed by atoms with Gasteiger partial charge in [0.15, 0.2) is 0 Å². The third-order valence-corrected chi connectivity index (χ3v) is 4.98. The number of amides is 1. The van der Waals surface area contributed by atoms with Gasteiger partial charge in [0.1, 0.15) is 5.82 Å². The van der Waals surface area contributed by atoms with Crippen LogP contribution in [0.1, 0.15) is 32.6 Å². The molecule has 1 aromatic carbocycles. The fourth-order valence-corrected chi connectivity index (χ4v) is 3.52. The predicted molar refractivity (Wildman–Crippen MR) is 90.1 cm³/mol. The van der Waals surface area contributed by atoms with Crippen LogP contribution in [0.4, 0.5) is 4.39 Å². The zero-order valence-electron chi connectivity index (χ0n) is 13.6. The van der Waals surface area contributed by atoms with Gasteiger partial charge in [0.25, 0.3) is 11.1 Å². The number of rotatable bonds is 4. The lowest BCUT2D eigenvalue weighted by molar-refractivity contribution is -0.130. The number of nitrogens with zero attached hydrogens (tertiary/aromatic N) is 3. The molecule has 0 aliphatic carbocycles. The summed E-state index contributed by atoms with van der Waals surface area (Å²) >= 11 is 1.22. The highest BCUT2D eigenvalue weighted by molar-refractivity contribution is 8.00. The first kappa shape index (κ1) is 17.0. The molecule has 2 aromatic rings. The van der Waals surface area contributed by atoms with Gasteiger partial charge in [0.05, 0.1) is 10.8 Å². The second-order valence-electron chi connectivity index (χ2n) is 5.85. The van der Waals surface area contributed by atoms with Gasteiger partial charge in [-0.05, 0) is 31.9 Å². The van der Waals surface area contributed by atoms with E-state index in [1.54, 1.807) is 18.2 Å². The van der Waals surface area contributed by atoms with Crippen LogP contribution < -0.4 is 0 Å². The number of halogens is 1. The first-order valence-electron chi connectivity index (χ1n) is 8.19. The van der Waals surface area contributed by atoms with Crippen molar-refractivity contribution in [1.82, 2.24) is 15.1 Å². The minimum Gasteiger partial charge on any atom is -0.411 e. The van der Waals surface area contributed by atoms with Crippen molar-refractivity contribution < 1.29 is 13.6 Å². The van der Waals surface area contributed by atoms with E-state index in [1.165, 1.54) is 30.7 Å². The summed E-state index contributed by atoms with van der Waals surface area (Å²) in [7, 11) is 0. The molecular weight excluding hydrogens is 329 g/mol. The fraction of sp³-hybridized carbons (Fsp3) is 0.471. The summed E-state index contributed by atoms with van der Waals surface area (Å²) < 4.78 is 19.3. The first-order valence-corrected chi connectivity index (χ1v) is 9.07. The minimum absolute atomic E-state index is 0.0903. The average Bonchev–Trinajstić information content (AvgIpc) is 2.87. The van der Waals surface area contributed by atoms with Gasteiger partial charge in [0.2, 0.25) is 5.91 Å². The highest BCUT2D eigenvalue weighted by Gasteiger charge is 2.24. The molecule has 1 aromatic heterocycles. The Hall–Kier alpha value is -1.89. The van der Waals surface area contributed by atoms with Crippen LogP contribution in [0.15, 0.2) is 33.9 Å². The maximum absolute atomic E-state index is 13.8. The van der Waals surface area contributed by atoms with Gasteiger partial charge in [-0.2, -0.15) is 0 Å².